The molecule has 2 heterocycles. The molecule has 148 valence electrons. The van der Waals surface area contributed by atoms with Gasteiger partial charge in [-0.05, 0) is 54.4 Å². The highest BCUT2D eigenvalue weighted by Crippen LogP contribution is 2.65. The molecule has 1 aromatic carbocycles. The molecule has 3 aliphatic rings. The minimum Gasteiger partial charge on any atom is -0.475 e. The van der Waals surface area contributed by atoms with Gasteiger partial charge in [0.25, 0.3) is 6.02 Å². The Balaban J connectivity index is 1.73. The summed E-state index contributed by atoms with van der Waals surface area (Å²) in [4.78, 5) is 13.4. The fraction of sp³-hybridized carbons (Fsp3) is 0.476. The summed E-state index contributed by atoms with van der Waals surface area (Å²) < 4.78 is 6.12. The van der Waals surface area contributed by atoms with E-state index in [1.165, 1.54) is 11.1 Å². The number of nitrogens with two attached hydrogens (primary N) is 1. The molecule has 2 aromatic rings. The molecule has 8 heteroatoms. The maximum Gasteiger partial charge on any atom is 0.282 e. The SMILES string of the molecule is BC1(B)OC(N)=NC12c1cc(-c3cncnc3)ccc1C[C@]21CC[C@@H](O)[C@H](C)C1. The van der Waals surface area contributed by atoms with Crippen molar-refractivity contribution < 1.29 is 9.84 Å². The van der Waals surface area contributed by atoms with Gasteiger partial charge in [0.15, 0.2) is 15.7 Å². The molecule has 0 bridgehead atoms. The number of benzene rings is 1. The lowest BCUT2D eigenvalue weighted by Gasteiger charge is -2.52. The normalized spacial score (nSPS) is 34.8. The summed E-state index contributed by atoms with van der Waals surface area (Å²) in [5.41, 5.74) is 10.0. The molecule has 1 saturated carbocycles. The van der Waals surface area contributed by atoms with Crippen LogP contribution in [0.1, 0.15) is 37.3 Å². The molecule has 29 heavy (non-hydrogen) atoms. The van der Waals surface area contributed by atoms with Crippen LogP contribution in [0.3, 0.4) is 0 Å². The number of aromatic nitrogens is 2. The molecule has 4 atom stereocenters. The summed E-state index contributed by atoms with van der Waals surface area (Å²) in [6, 6.07) is 6.84. The topological polar surface area (TPSA) is 93.6 Å². The molecule has 2 spiro atoms. The van der Waals surface area contributed by atoms with Crippen LogP contribution in [0.25, 0.3) is 11.1 Å². The summed E-state index contributed by atoms with van der Waals surface area (Å²) in [5.74, 6) is 0.213. The number of rotatable bonds is 1. The second kappa shape index (κ2) is 6.08. The van der Waals surface area contributed by atoms with Crippen molar-refractivity contribution in [2.45, 2.75) is 49.6 Å². The zero-order valence-corrected chi connectivity index (χ0v) is 17.2. The molecule has 0 saturated heterocycles. The van der Waals surface area contributed by atoms with Crippen LogP contribution in [-0.4, -0.2) is 48.3 Å². The molecule has 1 unspecified atom stereocenters. The quantitative estimate of drug-likeness (QED) is 0.687. The number of ether oxygens (including phenoxy) is 1. The van der Waals surface area contributed by atoms with Crippen LogP contribution in [0, 0.1) is 11.3 Å². The third-order valence-corrected chi connectivity index (χ3v) is 7.49. The highest BCUT2D eigenvalue weighted by atomic mass is 16.5. The van der Waals surface area contributed by atoms with E-state index >= 15 is 0 Å². The van der Waals surface area contributed by atoms with Gasteiger partial charge in [0.1, 0.15) is 11.9 Å². The first-order chi connectivity index (χ1) is 13.8. The molecule has 6 nitrogen and oxygen atoms in total. The third-order valence-electron chi connectivity index (χ3n) is 7.49. The minimum absolute atomic E-state index is 0.121. The lowest BCUT2D eigenvalue weighted by molar-refractivity contribution is -0.0406. The third kappa shape index (κ3) is 2.44. The smallest absolute Gasteiger partial charge is 0.282 e. The van der Waals surface area contributed by atoms with Crippen molar-refractivity contribution in [1.29, 1.82) is 0 Å². The van der Waals surface area contributed by atoms with Gasteiger partial charge in [-0.15, -0.1) is 0 Å². The van der Waals surface area contributed by atoms with E-state index in [9.17, 15) is 5.11 Å². The van der Waals surface area contributed by atoms with Gasteiger partial charge in [-0.3, -0.25) is 0 Å². The van der Waals surface area contributed by atoms with Gasteiger partial charge < -0.3 is 15.6 Å². The van der Waals surface area contributed by atoms with E-state index in [0.29, 0.717) is 0 Å². The van der Waals surface area contributed by atoms with E-state index in [1.54, 1.807) is 6.33 Å². The monoisotopic (exact) mass is 388 g/mol. The van der Waals surface area contributed by atoms with Crippen LogP contribution in [-0.2, 0) is 16.7 Å². The second-order valence-corrected chi connectivity index (χ2v) is 9.52. The predicted molar refractivity (Wildman–Crippen MR) is 117 cm³/mol. The first kappa shape index (κ1) is 18.7. The Hall–Kier alpha value is -2.34. The highest BCUT2D eigenvalue weighted by Gasteiger charge is 2.68. The van der Waals surface area contributed by atoms with Crippen LogP contribution < -0.4 is 5.73 Å². The number of hydrogen-bond acceptors (Lipinski definition) is 6. The predicted octanol–water partition coefficient (Wildman–Crippen LogP) is 0.327. The first-order valence-electron chi connectivity index (χ1n) is 10.4. The Morgan fingerprint density at radius 2 is 1.97 bits per heavy atom. The van der Waals surface area contributed by atoms with Gasteiger partial charge >= 0.3 is 0 Å². The molecule has 0 radical (unpaired) electrons. The van der Waals surface area contributed by atoms with Crippen LogP contribution in [0.4, 0.5) is 0 Å². The van der Waals surface area contributed by atoms with E-state index in [4.69, 9.17) is 15.5 Å². The number of nitrogens with zero attached hydrogens (tertiary/aromatic N) is 3. The van der Waals surface area contributed by atoms with E-state index in [2.05, 4.69) is 50.8 Å². The van der Waals surface area contributed by atoms with Crippen molar-refractivity contribution in [3.63, 3.8) is 0 Å². The summed E-state index contributed by atoms with van der Waals surface area (Å²) >= 11 is 0. The van der Waals surface area contributed by atoms with Crippen molar-refractivity contribution in [3.05, 3.63) is 48.0 Å². The second-order valence-electron chi connectivity index (χ2n) is 9.52. The Kier molecular flexibility index (Phi) is 3.92. The molecule has 1 aliphatic heterocycles. The zero-order valence-electron chi connectivity index (χ0n) is 17.2. The molecule has 1 fully saturated rings. The van der Waals surface area contributed by atoms with Crippen molar-refractivity contribution >= 4 is 21.7 Å². The van der Waals surface area contributed by atoms with Gasteiger partial charge in [-0.2, -0.15) is 0 Å². The van der Waals surface area contributed by atoms with Crippen molar-refractivity contribution in [3.8, 4) is 11.1 Å². The number of aliphatic hydroxyl groups is 1. The summed E-state index contributed by atoms with van der Waals surface area (Å²) in [6.45, 7) is 2.14. The molecule has 0 amide bonds. The zero-order chi connectivity index (χ0) is 20.4. The fourth-order valence-electron chi connectivity index (χ4n) is 6.33. The Morgan fingerprint density at radius 1 is 1.21 bits per heavy atom. The molecule has 5 rings (SSSR count). The Morgan fingerprint density at radius 3 is 2.62 bits per heavy atom. The Labute approximate surface area is 172 Å². The lowest BCUT2D eigenvalue weighted by atomic mass is 9.44. The molecule has 1 aromatic heterocycles. The van der Waals surface area contributed by atoms with Crippen LogP contribution in [0.15, 0.2) is 41.9 Å². The van der Waals surface area contributed by atoms with E-state index < -0.39 is 10.9 Å². The minimum atomic E-state index is -0.573. The largest absolute Gasteiger partial charge is 0.475 e. The fourth-order valence-corrected chi connectivity index (χ4v) is 6.33. The number of aliphatic hydroxyl groups excluding tert-OH is 1. The van der Waals surface area contributed by atoms with E-state index in [1.807, 2.05) is 12.4 Å². The van der Waals surface area contributed by atoms with Crippen molar-refractivity contribution in [1.82, 2.24) is 9.97 Å². The maximum absolute atomic E-state index is 10.4. The van der Waals surface area contributed by atoms with Gasteiger partial charge in [0, 0.05) is 23.4 Å². The van der Waals surface area contributed by atoms with Crippen LogP contribution in [0.2, 0.25) is 0 Å². The molecule has 2 aliphatic carbocycles. The Bertz CT molecular complexity index is 999. The number of amidine groups is 1. The van der Waals surface area contributed by atoms with E-state index in [-0.39, 0.29) is 23.5 Å². The van der Waals surface area contributed by atoms with Gasteiger partial charge in [0.05, 0.1) is 11.5 Å². The summed E-state index contributed by atoms with van der Waals surface area (Å²) in [5, 5.41) is 9.87. The van der Waals surface area contributed by atoms with Gasteiger partial charge in [-0.25, -0.2) is 15.0 Å². The number of hydrogen-bond donors (Lipinski definition) is 2. The molecule has 3 N–H and O–H groups in total. The van der Waals surface area contributed by atoms with Crippen LogP contribution in [0.5, 0.6) is 0 Å². The number of fused-ring (bicyclic) bond motifs is 3. The number of aliphatic imine (C=N–C) groups is 1. The average Bonchev–Trinajstić information content (AvgIpc) is 3.10. The maximum atomic E-state index is 10.4. The molecular weight excluding hydrogens is 362 g/mol. The first-order valence-corrected chi connectivity index (χ1v) is 10.4. The lowest BCUT2D eigenvalue weighted by Crippen LogP contribution is -2.60. The van der Waals surface area contributed by atoms with Crippen LogP contribution >= 0.6 is 0 Å². The summed E-state index contributed by atoms with van der Waals surface area (Å²) in [7, 11) is 4.20. The van der Waals surface area contributed by atoms with Crippen molar-refractivity contribution in [2.75, 3.05) is 0 Å². The van der Waals surface area contributed by atoms with Crippen molar-refractivity contribution in [2.24, 2.45) is 22.1 Å². The van der Waals surface area contributed by atoms with Gasteiger partial charge in [-0.1, -0.05) is 19.1 Å². The molecular formula is C21H26B2N4O2. The summed E-state index contributed by atoms with van der Waals surface area (Å²) in [6.07, 6.45) is 8.46. The van der Waals surface area contributed by atoms with E-state index in [0.717, 1.165) is 36.8 Å². The standard InChI is InChI=1S/C21H26B2N4O2/c1-12-7-19(5-4-17(12)28)8-14-3-2-13(15-9-25-11-26-10-15)6-16(14)20(19)21(22,23)29-18(24)27-20/h2-3,6,9-12,17,28H,4-5,7-8,22-23H2,1H3,(H2,24,27)/t12-,17-,19-,20?/m1/s1. The average molecular weight is 388 g/mol. The highest BCUT2D eigenvalue weighted by molar-refractivity contribution is 6.41. The van der Waals surface area contributed by atoms with Gasteiger partial charge in [0.2, 0.25) is 0 Å².